The summed E-state index contributed by atoms with van der Waals surface area (Å²) in [5, 5.41) is 3.51. The van der Waals surface area contributed by atoms with Crippen molar-refractivity contribution in [3.8, 4) is 0 Å². The monoisotopic (exact) mass is 247 g/mol. The third kappa shape index (κ3) is 3.22. The van der Waals surface area contributed by atoms with Crippen LogP contribution in [0, 0.1) is 13.8 Å². The second kappa shape index (κ2) is 5.38. The van der Waals surface area contributed by atoms with E-state index in [2.05, 4.69) is 22.4 Å². The Balaban J connectivity index is 2.02. The summed E-state index contributed by atoms with van der Waals surface area (Å²) in [5.74, 6) is 0.170. The zero-order valence-electron chi connectivity index (χ0n) is 11.4. The van der Waals surface area contributed by atoms with Gasteiger partial charge < -0.3 is 10.2 Å². The average Bonchev–Trinajstić information content (AvgIpc) is 2.27. The van der Waals surface area contributed by atoms with Crippen LogP contribution in [0.15, 0.2) is 12.1 Å². The van der Waals surface area contributed by atoms with E-state index in [9.17, 15) is 4.79 Å². The van der Waals surface area contributed by atoms with Crippen LogP contribution in [-0.4, -0.2) is 34.9 Å². The molecule has 2 heterocycles. The molecule has 0 aliphatic carbocycles. The molecule has 1 aliphatic heterocycles. The fourth-order valence-electron chi connectivity index (χ4n) is 2.53. The molecule has 98 valence electrons. The van der Waals surface area contributed by atoms with Crippen molar-refractivity contribution in [2.75, 3.05) is 18.4 Å². The third-order valence-corrected chi connectivity index (χ3v) is 3.32. The first-order chi connectivity index (χ1) is 8.54. The highest BCUT2D eigenvalue weighted by molar-refractivity contribution is 5.73. The lowest BCUT2D eigenvalue weighted by Crippen LogP contribution is -2.44. The molecule has 1 saturated heterocycles. The first-order valence-electron chi connectivity index (χ1n) is 6.52. The van der Waals surface area contributed by atoms with E-state index in [1.165, 1.54) is 0 Å². The molecule has 4 heteroatoms. The van der Waals surface area contributed by atoms with E-state index in [-0.39, 0.29) is 5.91 Å². The summed E-state index contributed by atoms with van der Waals surface area (Å²) in [5.41, 5.74) is 3.16. The molecule has 0 spiro atoms. The first-order valence-corrected chi connectivity index (χ1v) is 6.52. The van der Waals surface area contributed by atoms with Gasteiger partial charge in [-0.05, 0) is 38.8 Å². The Morgan fingerprint density at radius 1 is 1.39 bits per heavy atom. The maximum absolute atomic E-state index is 11.4. The zero-order chi connectivity index (χ0) is 13.1. The zero-order valence-corrected chi connectivity index (χ0v) is 11.4. The average molecular weight is 247 g/mol. The van der Waals surface area contributed by atoms with E-state index < -0.39 is 0 Å². The van der Waals surface area contributed by atoms with Gasteiger partial charge in [0.1, 0.15) is 0 Å². The van der Waals surface area contributed by atoms with Gasteiger partial charge in [-0.2, -0.15) is 0 Å². The number of rotatable bonds is 2. The van der Waals surface area contributed by atoms with Gasteiger partial charge >= 0.3 is 0 Å². The van der Waals surface area contributed by atoms with E-state index in [0.29, 0.717) is 6.04 Å². The number of hydrogen-bond donors (Lipinski definition) is 1. The second-order valence-electron chi connectivity index (χ2n) is 5.09. The largest absolute Gasteiger partial charge is 0.380 e. The highest BCUT2D eigenvalue weighted by atomic mass is 16.2. The quantitative estimate of drug-likeness (QED) is 0.870. The van der Waals surface area contributed by atoms with Crippen molar-refractivity contribution >= 4 is 11.6 Å². The van der Waals surface area contributed by atoms with Crippen molar-refractivity contribution in [2.24, 2.45) is 0 Å². The number of hydrogen-bond acceptors (Lipinski definition) is 3. The summed E-state index contributed by atoms with van der Waals surface area (Å²) in [4.78, 5) is 17.7. The van der Waals surface area contributed by atoms with Crippen molar-refractivity contribution < 1.29 is 4.79 Å². The van der Waals surface area contributed by atoms with E-state index in [4.69, 9.17) is 0 Å². The molecule has 0 bridgehead atoms. The topological polar surface area (TPSA) is 45.2 Å². The molecule has 18 heavy (non-hydrogen) atoms. The molecular formula is C14H21N3O. The van der Waals surface area contributed by atoms with Crippen molar-refractivity contribution in [2.45, 2.75) is 39.7 Å². The maximum atomic E-state index is 11.4. The van der Waals surface area contributed by atoms with Crippen LogP contribution < -0.4 is 5.32 Å². The van der Waals surface area contributed by atoms with Crippen molar-refractivity contribution in [3.05, 3.63) is 23.5 Å². The van der Waals surface area contributed by atoms with E-state index in [1.807, 2.05) is 18.7 Å². The Bertz CT molecular complexity index is 424. The van der Waals surface area contributed by atoms with Gasteiger partial charge in [-0.25, -0.2) is 0 Å². The molecule has 1 atom stereocenters. The van der Waals surface area contributed by atoms with Crippen LogP contribution in [0.4, 0.5) is 5.69 Å². The molecule has 2 rings (SSSR count). The summed E-state index contributed by atoms with van der Waals surface area (Å²) in [6, 6.07) is 4.46. The predicted molar refractivity (Wildman–Crippen MR) is 72.6 cm³/mol. The highest BCUT2D eigenvalue weighted by Gasteiger charge is 2.21. The fourth-order valence-corrected chi connectivity index (χ4v) is 2.53. The summed E-state index contributed by atoms with van der Waals surface area (Å²) in [6.45, 7) is 7.34. The summed E-state index contributed by atoms with van der Waals surface area (Å²) in [7, 11) is 0. The molecule has 0 radical (unpaired) electrons. The minimum Gasteiger partial charge on any atom is -0.380 e. The van der Waals surface area contributed by atoms with Gasteiger partial charge in [-0.15, -0.1) is 0 Å². The van der Waals surface area contributed by atoms with Crippen molar-refractivity contribution in [1.82, 2.24) is 9.88 Å². The van der Waals surface area contributed by atoms with Crippen LogP contribution in [0.2, 0.25) is 0 Å². The van der Waals surface area contributed by atoms with Crippen LogP contribution >= 0.6 is 0 Å². The molecule has 0 saturated carbocycles. The lowest BCUT2D eigenvalue weighted by atomic mass is 10.1. The minimum absolute atomic E-state index is 0.170. The molecule has 1 aromatic rings. The minimum atomic E-state index is 0.170. The number of pyridine rings is 1. The number of carbonyl (C=O) groups is 1. The van der Waals surface area contributed by atoms with Gasteiger partial charge in [0.25, 0.3) is 0 Å². The number of anilines is 1. The van der Waals surface area contributed by atoms with Crippen LogP contribution in [0.5, 0.6) is 0 Å². The molecular weight excluding hydrogens is 226 g/mol. The molecule has 1 fully saturated rings. The SMILES string of the molecule is CC(=O)N1CCCC(Nc2cc(C)nc(C)c2)C1. The lowest BCUT2D eigenvalue weighted by Gasteiger charge is -2.33. The number of amides is 1. The fraction of sp³-hybridized carbons (Fsp3) is 0.571. The van der Waals surface area contributed by atoms with Crippen molar-refractivity contribution in [1.29, 1.82) is 0 Å². The lowest BCUT2D eigenvalue weighted by molar-refractivity contribution is -0.129. The van der Waals surface area contributed by atoms with Gasteiger partial charge in [0.2, 0.25) is 5.91 Å². The Kier molecular flexibility index (Phi) is 3.84. The number of carbonyl (C=O) groups excluding carboxylic acids is 1. The van der Waals surface area contributed by atoms with Gasteiger partial charge in [0, 0.05) is 43.1 Å². The molecule has 1 amide bonds. The van der Waals surface area contributed by atoms with Crippen LogP contribution in [0.1, 0.15) is 31.2 Å². The Morgan fingerprint density at radius 3 is 2.67 bits per heavy atom. The Morgan fingerprint density at radius 2 is 2.06 bits per heavy atom. The van der Waals surface area contributed by atoms with E-state index >= 15 is 0 Å². The number of nitrogens with one attached hydrogen (secondary N) is 1. The van der Waals surface area contributed by atoms with Crippen LogP contribution in [0.25, 0.3) is 0 Å². The van der Waals surface area contributed by atoms with Gasteiger partial charge in [-0.1, -0.05) is 0 Å². The van der Waals surface area contributed by atoms with Gasteiger partial charge in [-0.3, -0.25) is 9.78 Å². The molecule has 1 aromatic heterocycles. The van der Waals surface area contributed by atoms with Crippen LogP contribution in [0.3, 0.4) is 0 Å². The van der Waals surface area contributed by atoms with Gasteiger partial charge in [0.15, 0.2) is 0 Å². The summed E-state index contributed by atoms with van der Waals surface area (Å²) >= 11 is 0. The standard InChI is InChI=1S/C14H21N3O/c1-10-7-14(8-11(2)15-10)16-13-5-4-6-17(9-13)12(3)18/h7-8,13H,4-6,9H2,1-3H3,(H,15,16). The number of aryl methyl sites for hydroxylation is 2. The normalized spacial score (nSPS) is 19.7. The second-order valence-corrected chi connectivity index (χ2v) is 5.09. The first kappa shape index (κ1) is 12.9. The molecule has 4 nitrogen and oxygen atoms in total. The number of piperidine rings is 1. The summed E-state index contributed by atoms with van der Waals surface area (Å²) < 4.78 is 0. The smallest absolute Gasteiger partial charge is 0.219 e. The van der Waals surface area contributed by atoms with Crippen molar-refractivity contribution in [3.63, 3.8) is 0 Å². The van der Waals surface area contributed by atoms with Crippen LogP contribution in [-0.2, 0) is 4.79 Å². The number of nitrogens with zero attached hydrogens (tertiary/aromatic N) is 2. The predicted octanol–water partition coefficient (Wildman–Crippen LogP) is 2.12. The summed E-state index contributed by atoms with van der Waals surface area (Å²) in [6.07, 6.45) is 2.19. The van der Waals surface area contributed by atoms with E-state index in [0.717, 1.165) is 43.0 Å². The highest BCUT2D eigenvalue weighted by Crippen LogP contribution is 2.17. The molecule has 1 aliphatic rings. The Hall–Kier alpha value is -1.58. The molecule has 1 N–H and O–H groups in total. The third-order valence-electron chi connectivity index (χ3n) is 3.32. The van der Waals surface area contributed by atoms with E-state index in [1.54, 1.807) is 6.92 Å². The number of aromatic nitrogens is 1. The number of likely N-dealkylation sites (tertiary alicyclic amines) is 1. The molecule has 0 aromatic carbocycles. The van der Waals surface area contributed by atoms with Gasteiger partial charge in [0.05, 0.1) is 0 Å². The Labute approximate surface area is 108 Å². The molecule has 1 unspecified atom stereocenters. The maximum Gasteiger partial charge on any atom is 0.219 e.